The average Bonchev–Trinajstić information content (AvgIpc) is 2.96. The van der Waals surface area contributed by atoms with E-state index in [1.807, 2.05) is 24.3 Å². The number of fused-ring (bicyclic) bond motifs is 1. The van der Waals surface area contributed by atoms with E-state index in [4.69, 9.17) is 21.8 Å². The van der Waals surface area contributed by atoms with Crippen molar-refractivity contribution in [2.24, 2.45) is 11.7 Å². The number of nitrogens with two attached hydrogens (primary N) is 1. The lowest BCUT2D eigenvalue weighted by Crippen LogP contribution is -2.18. The molecule has 1 unspecified atom stereocenters. The second-order valence-electron chi connectivity index (χ2n) is 4.90. The lowest BCUT2D eigenvalue weighted by Gasteiger charge is -2.15. The number of hydrogen-bond acceptors (Lipinski definition) is 2. The van der Waals surface area contributed by atoms with Crippen molar-refractivity contribution in [3.8, 4) is 0 Å². The standard InChI is InChI=1S/C14H16ClNO/c15-11-5-6-12-10(7-11)8-13(17-12)14(16)9-3-1-2-4-9/h5-9,14H,1-4,16H2. The second kappa shape index (κ2) is 4.35. The van der Waals surface area contributed by atoms with Gasteiger partial charge in [0.15, 0.2) is 0 Å². The van der Waals surface area contributed by atoms with Crippen LogP contribution in [0.5, 0.6) is 0 Å². The van der Waals surface area contributed by atoms with Gasteiger partial charge in [0.2, 0.25) is 0 Å². The van der Waals surface area contributed by atoms with Gasteiger partial charge in [0, 0.05) is 10.4 Å². The van der Waals surface area contributed by atoms with E-state index in [9.17, 15) is 0 Å². The van der Waals surface area contributed by atoms with Gasteiger partial charge in [-0.25, -0.2) is 0 Å². The molecular formula is C14H16ClNO. The van der Waals surface area contributed by atoms with Crippen LogP contribution >= 0.6 is 11.6 Å². The van der Waals surface area contributed by atoms with Crippen molar-refractivity contribution < 1.29 is 4.42 Å². The van der Waals surface area contributed by atoms with E-state index in [1.165, 1.54) is 25.7 Å². The number of rotatable bonds is 2. The fourth-order valence-electron chi connectivity index (χ4n) is 2.75. The van der Waals surface area contributed by atoms with E-state index >= 15 is 0 Å². The maximum absolute atomic E-state index is 6.28. The van der Waals surface area contributed by atoms with Gasteiger partial charge in [-0.05, 0) is 43.0 Å². The Morgan fingerprint density at radius 2 is 2.00 bits per heavy atom. The van der Waals surface area contributed by atoms with Gasteiger partial charge in [0.05, 0.1) is 6.04 Å². The summed E-state index contributed by atoms with van der Waals surface area (Å²) in [6.45, 7) is 0. The molecule has 2 nitrogen and oxygen atoms in total. The predicted octanol–water partition coefficient (Wildman–Crippen LogP) is 4.28. The molecule has 0 aliphatic heterocycles. The van der Waals surface area contributed by atoms with Crippen LogP contribution in [-0.2, 0) is 0 Å². The smallest absolute Gasteiger partial charge is 0.134 e. The molecule has 17 heavy (non-hydrogen) atoms. The average molecular weight is 250 g/mol. The molecule has 3 heteroatoms. The molecule has 2 N–H and O–H groups in total. The van der Waals surface area contributed by atoms with Gasteiger partial charge in [-0.15, -0.1) is 0 Å². The maximum atomic E-state index is 6.28. The van der Waals surface area contributed by atoms with Crippen LogP contribution in [0, 0.1) is 5.92 Å². The first kappa shape index (κ1) is 11.1. The molecular weight excluding hydrogens is 234 g/mol. The van der Waals surface area contributed by atoms with Gasteiger partial charge in [-0.3, -0.25) is 0 Å². The van der Waals surface area contributed by atoms with E-state index < -0.39 is 0 Å². The van der Waals surface area contributed by atoms with Gasteiger partial charge in [0.25, 0.3) is 0 Å². The van der Waals surface area contributed by atoms with Crippen LogP contribution in [0.1, 0.15) is 37.5 Å². The van der Waals surface area contributed by atoms with Gasteiger partial charge >= 0.3 is 0 Å². The first-order chi connectivity index (χ1) is 8.24. The zero-order valence-corrected chi connectivity index (χ0v) is 10.4. The number of halogens is 1. The minimum absolute atomic E-state index is 0.0312. The van der Waals surface area contributed by atoms with Crippen molar-refractivity contribution in [3.05, 3.63) is 35.0 Å². The van der Waals surface area contributed by atoms with E-state index in [1.54, 1.807) is 0 Å². The molecule has 2 aromatic rings. The fraction of sp³-hybridized carbons (Fsp3) is 0.429. The highest BCUT2D eigenvalue weighted by molar-refractivity contribution is 6.31. The molecule has 1 aliphatic rings. The summed E-state index contributed by atoms with van der Waals surface area (Å²) in [7, 11) is 0. The van der Waals surface area contributed by atoms with Crippen molar-refractivity contribution >= 4 is 22.6 Å². The van der Waals surface area contributed by atoms with Crippen molar-refractivity contribution in [2.45, 2.75) is 31.7 Å². The van der Waals surface area contributed by atoms with Crippen LogP contribution in [0.3, 0.4) is 0 Å². The highest BCUT2D eigenvalue weighted by atomic mass is 35.5. The molecule has 0 saturated heterocycles. The molecule has 1 saturated carbocycles. The Labute approximate surface area is 106 Å². The van der Waals surface area contributed by atoms with Crippen LogP contribution in [0.25, 0.3) is 11.0 Å². The third-order valence-electron chi connectivity index (χ3n) is 3.73. The third kappa shape index (κ3) is 2.07. The first-order valence-electron chi connectivity index (χ1n) is 6.18. The molecule has 1 fully saturated rings. The molecule has 90 valence electrons. The van der Waals surface area contributed by atoms with Gasteiger partial charge in [-0.1, -0.05) is 24.4 Å². The van der Waals surface area contributed by atoms with Crippen LogP contribution in [0.15, 0.2) is 28.7 Å². The third-order valence-corrected chi connectivity index (χ3v) is 3.97. The molecule has 3 rings (SSSR count). The lowest BCUT2D eigenvalue weighted by molar-refractivity contribution is 0.380. The molecule has 0 radical (unpaired) electrons. The Morgan fingerprint density at radius 3 is 2.76 bits per heavy atom. The topological polar surface area (TPSA) is 39.2 Å². The normalized spacial score (nSPS) is 18.9. The summed E-state index contributed by atoms with van der Waals surface area (Å²) in [5.74, 6) is 1.47. The summed E-state index contributed by atoms with van der Waals surface area (Å²) in [5, 5.41) is 1.78. The molecule has 1 aromatic carbocycles. The largest absolute Gasteiger partial charge is 0.459 e. The molecule has 1 heterocycles. The van der Waals surface area contributed by atoms with Crippen LogP contribution in [-0.4, -0.2) is 0 Å². The van der Waals surface area contributed by atoms with Gasteiger partial charge in [0.1, 0.15) is 11.3 Å². The van der Waals surface area contributed by atoms with E-state index in [0.29, 0.717) is 5.92 Å². The van der Waals surface area contributed by atoms with Crippen molar-refractivity contribution in [1.82, 2.24) is 0 Å². The quantitative estimate of drug-likeness (QED) is 0.863. The molecule has 0 spiro atoms. The fourth-order valence-corrected chi connectivity index (χ4v) is 2.93. The second-order valence-corrected chi connectivity index (χ2v) is 5.34. The summed E-state index contributed by atoms with van der Waals surface area (Å²) in [5.41, 5.74) is 7.15. The Hall–Kier alpha value is -0.990. The van der Waals surface area contributed by atoms with E-state index in [2.05, 4.69) is 0 Å². The zero-order valence-electron chi connectivity index (χ0n) is 9.66. The summed E-state index contributed by atoms with van der Waals surface area (Å²) in [6, 6.07) is 7.74. The van der Waals surface area contributed by atoms with E-state index in [0.717, 1.165) is 21.8 Å². The SMILES string of the molecule is NC(c1cc2cc(Cl)ccc2o1)C1CCCC1. The number of hydrogen-bond donors (Lipinski definition) is 1. The van der Waals surface area contributed by atoms with Crippen molar-refractivity contribution in [2.75, 3.05) is 0 Å². The monoisotopic (exact) mass is 249 g/mol. The van der Waals surface area contributed by atoms with Gasteiger partial charge < -0.3 is 10.2 Å². The summed E-state index contributed by atoms with van der Waals surface area (Å²) in [4.78, 5) is 0. The highest BCUT2D eigenvalue weighted by Gasteiger charge is 2.25. The summed E-state index contributed by atoms with van der Waals surface area (Å²) in [6.07, 6.45) is 5.03. The minimum Gasteiger partial charge on any atom is -0.459 e. The number of furan rings is 1. The summed E-state index contributed by atoms with van der Waals surface area (Å²) < 4.78 is 5.81. The lowest BCUT2D eigenvalue weighted by atomic mass is 9.97. The van der Waals surface area contributed by atoms with Crippen molar-refractivity contribution in [1.29, 1.82) is 0 Å². The predicted molar refractivity (Wildman–Crippen MR) is 70.1 cm³/mol. The molecule has 0 amide bonds. The maximum Gasteiger partial charge on any atom is 0.134 e. The molecule has 0 bridgehead atoms. The Bertz CT molecular complexity index is 528. The Balaban J connectivity index is 1.94. The van der Waals surface area contributed by atoms with Crippen molar-refractivity contribution in [3.63, 3.8) is 0 Å². The van der Waals surface area contributed by atoms with E-state index in [-0.39, 0.29) is 6.04 Å². The minimum atomic E-state index is 0.0312. The Kier molecular flexibility index (Phi) is 2.85. The van der Waals surface area contributed by atoms with Crippen LogP contribution in [0.4, 0.5) is 0 Å². The summed E-state index contributed by atoms with van der Waals surface area (Å²) >= 11 is 5.96. The number of benzene rings is 1. The molecule has 1 atom stereocenters. The first-order valence-corrected chi connectivity index (χ1v) is 6.56. The highest BCUT2D eigenvalue weighted by Crippen LogP contribution is 2.36. The molecule has 1 aromatic heterocycles. The van der Waals surface area contributed by atoms with Crippen LogP contribution < -0.4 is 5.73 Å². The Morgan fingerprint density at radius 1 is 1.24 bits per heavy atom. The molecule has 1 aliphatic carbocycles. The van der Waals surface area contributed by atoms with Gasteiger partial charge in [-0.2, -0.15) is 0 Å². The zero-order chi connectivity index (χ0) is 11.8. The van der Waals surface area contributed by atoms with Crippen LogP contribution in [0.2, 0.25) is 5.02 Å².